The van der Waals surface area contributed by atoms with Gasteiger partial charge >= 0.3 is 11.9 Å². The summed E-state index contributed by atoms with van der Waals surface area (Å²) in [4.78, 5) is 68.2. The molecule has 2 rings (SSSR count). The van der Waals surface area contributed by atoms with Crippen molar-refractivity contribution in [2.24, 2.45) is 11.5 Å². The van der Waals surface area contributed by atoms with Crippen molar-refractivity contribution in [3.63, 3.8) is 0 Å². The monoisotopic (exact) mass is 545 g/mol. The average Bonchev–Trinajstić information content (AvgIpc) is 3.40. The Kier molecular flexibility index (Phi) is 12.6. The second-order valence-electron chi connectivity index (χ2n) is 8.98. The largest absolute Gasteiger partial charge is 0.481 e. The normalized spacial score (nSPS) is 13.9. The molecule has 10 N–H and O–H groups in total. The van der Waals surface area contributed by atoms with E-state index in [0.29, 0.717) is 25.1 Å². The number of carboxylic acid groups (broad SMARTS) is 2. The molecule has 0 spiro atoms. The lowest BCUT2D eigenvalue weighted by Gasteiger charge is -2.25. The summed E-state index contributed by atoms with van der Waals surface area (Å²) in [6, 6.07) is 4.11. The van der Waals surface area contributed by atoms with Gasteiger partial charge in [0.1, 0.15) is 18.1 Å². The number of nitrogens with two attached hydrogens (primary N) is 2. The third-order valence-electron chi connectivity index (χ3n) is 5.82. The number of H-pyrrole nitrogens is 1. The van der Waals surface area contributed by atoms with Crippen LogP contribution in [0, 0.1) is 0 Å². The predicted molar refractivity (Wildman–Crippen MR) is 139 cm³/mol. The van der Waals surface area contributed by atoms with Gasteiger partial charge in [0, 0.05) is 18.3 Å². The molecule has 14 heteroatoms. The average molecular weight is 546 g/mol. The highest BCUT2D eigenvalue weighted by molar-refractivity contribution is 5.94. The van der Waals surface area contributed by atoms with E-state index in [9.17, 15) is 29.1 Å². The van der Waals surface area contributed by atoms with Crippen molar-refractivity contribution in [3.05, 3.63) is 54.1 Å². The fraction of sp³-hybridized carbons (Fsp3) is 0.440. The smallest absolute Gasteiger partial charge is 0.326 e. The maximum atomic E-state index is 13.3. The first-order valence-corrected chi connectivity index (χ1v) is 12.4. The molecule has 1 heterocycles. The number of aromatic amines is 1. The molecule has 14 nitrogen and oxygen atoms in total. The van der Waals surface area contributed by atoms with Crippen LogP contribution in [0.1, 0.15) is 36.9 Å². The number of carbonyl (C=O) groups excluding carboxylic acids is 3. The van der Waals surface area contributed by atoms with Crippen molar-refractivity contribution >= 4 is 29.7 Å². The summed E-state index contributed by atoms with van der Waals surface area (Å²) in [5.74, 6) is -5.15. The second-order valence-corrected chi connectivity index (χ2v) is 8.98. The molecule has 0 saturated heterocycles. The Labute approximate surface area is 224 Å². The van der Waals surface area contributed by atoms with E-state index in [1.807, 2.05) is 30.3 Å². The van der Waals surface area contributed by atoms with E-state index in [-0.39, 0.29) is 19.3 Å². The third-order valence-corrected chi connectivity index (χ3v) is 5.82. The summed E-state index contributed by atoms with van der Waals surface area (Å²) < 4.78 is 0. The number of aliphatic carboxylic acids is 2. The van der Waals surface area contributed by atoms with E-state index in [1.165, 1.54) is 12.5 Å². The number of imidazole rings is 1. The quantitative estimate of drug-likeness (QED) is 0.109. The molecule has 0 aliphatic carbocycles. The molecule has 4 unspecified atom stereocenters. The number of hydrogen-bond acceptors (Lipinski definition) is 8. The highest BCUT2D eigenvalue weighted by Crippen LogP contribution is 2.07. The maximum absolute atomic E-state index is 13.3. The highest BCUT2D eigenvalue weighted by Gasteiger charge is 2.31. The summed E-state index contributed by atoms with van der Waals surface area (Å²) in [6.07, 6.45) is 3.36. The number of hydrogen-bond donors (Lipinski definition) is 8. The van der Waals surface area contributed by atoms with Crippen LogP contribution >= 0.6 is 0 Å². The molecule has 0 aliphatic rings. The minimum atomic E-state index is -1.72. The van der Waals surface area contributed by atoms with Crippen LogP contribution in [-0.4, -0.2) is 80.6 Å². The van der Waals surface area contributed by atoms with E-state index in [2.05, 4.69) is 25.9 Å². The Morgan fingerprint density at radius 3 is 2.10 bits per heavy atom. The molecule has 4 atom stereocenters. The van der Waals surface area contributed by atoms with Gasteiger partial charge in [-0.2, -0.15) is 0 Å². The van der Waals surface area contributed by atoms with Crippen LogP contribution in [0.3, 0.4) is 0 Å². The van der Waals surface area contributed by atoms with E-state index in [1.54, 1.807) is 0 Å². The van der Waals surface area contributed by atoms with Crippen LogP contribution in [0.25, 0.3) is 0 Å². The van der Waals surface area contributed by atoms with Crippen molar-refractivity contribution in [1.82, 2.24) is 25.9 Å². The summed E-state index contributed by atoms with van der Waals surface area (Å²) in [6.45, 7) is 0.376. The maximum Gasteiger partial charge on any atom is 0.326 e. The minimum absolute atomic E-state index is 0.103. The standard InChI is InChI=1S/C25H35N7O7/c26-9-5-4-8-18(30-22(35)17(27)10-15-6-2-1-3-7-15)23(36)31-19(11-16-13-28-14-29-16)24(37)32-20(25(38)39)12-21(33)34/h1-3,6-7,13-14,17-20H,4-5,8-12,26-27H2,(H,28,29)(H,30,35)(H,31,36)(H,32,37)(H,33,34)(H,38,39). The fourth-order valence-electron chi connectivity index (χ4n) is 3.75. The van der Waals surface area contributed by atoms with Crippen LogP contribution < -0.4 is 27.4 Å². The lowest BCUT2D eigenvalue weighted by Crippen LogP contribution is -2.58. The molecule has 0 fully saturated rings. The van der Waals surface area contributed by atoms with E-state index in [0.717, 1.165) is 5.56 Å². The van der Waals surface area contributed by atoms with Crippen molar-refractivity contribution in [2.45, 2.75) is 62.7 Å². The van der Waals surface area contributed by atoms with Crippen LogP contribution in [-0.2, 0) is 36.8 Å². The number of carbonyl (C=O) groups is 5. The Morgan fingerprint density at radius 1 is 0.872 bits per heavy atom. The van der Waals surface area contributed by atoms with Crippen molar-refractivity contribution in [3.8, 4) is 0 Å². The van der Waals surface area contributed by atoms with Gasteiger partial charge in [0.25, 0.3) is 0 Å². The summed E-state index contributed by atoms with van der Waals surface area (Å²) in [7, 11) is 0. The van der Waals surface area contributed by atoms with Gasteiger partial charge in [-0.15, -0.1) is 0 Å². The van der Waals surface area contributed by atoms with Gasteiger partial charge in [0.05, 0.1) is 18.8 Å². The second kappa shape index (κ2) is 15.8. The molecule has 0 saturated carbocycles. The molecule has 0 aliphatic heterocycles. The molecule has 0 bridgehead atoms. The fourth-order valence-corrected chi connectivity index (χ4v) is 3.75. The molecule has 0 radical (unpaired) electrons. The van der Waals surface area contributed by atoms with Crippen LogP contribution in [0.4, 0.5) is 0 Å². The number of nitrogens with one attached hydrogen (secondary N) is 4. The number of benzene rings is 1. The van der Waals surface area contributed by atoms with Crippen molar-refractivity contribution in [2.75, 3.05) is 6.54 Å². The Hall–Kier alpha value is -4.30. The van der Waals surface area contributed by atoms with E-state index >= 15 is 0 Å². The Bertz CT molecular complexity index is 1100. The predicted octanol–water partition coefficient (Wildman–Crippen LogP) is -1.34. The van der Waals surface area contributed by atoms with Gasteiger partial charge < -0.3 is 42.6 Å². The first-order chi connectivity index (χ1) is 18.6. The van der Waals surface area contributed by atoms with Gasteiger partial charge in [-0.05, 0) is 37.8 Å². The Balaban J connectivity index is 2.17. The van der Waals surface area contributed by atoms with Gasteiger partial charge in [-0.3, -0.25) is 19.2 Å². The zero-order chi connectivity index (χ0) is 28.8. The molecule has 3 amide bonds. The van der Waals surface area contributed by atoms with Crippen LogP contribution in [0.15, 0.2) is 42.9 Å². The highest BCUT2D eigenvalue weighted by atomic mass is 16.4. The lowest BCUT2D eigenvalue weighted by atomic mass is 10.0. The molecule has 1 aromatic heterocycles. The van der Waals surface area contributed by atoms with Gasteiger partial charge in [0.2, 0.25) is 17.7 Å². The van der Waals surface area contributed by atoms with E-state index < -0.39 is 60.2 Å². The Morgan fingerprint density at radius 2 is 1.51 bits per heavy atom. The SMILES string of the molecule is NCCCCC(NC(=O)C(N)Cc1ccccc1)C(=O)NC(Cc1cnc[nH]1)C(=O)NC(CC(=O)O)C(=O)O. The van der Waals surface area contributed by atoms with Gasteiger partial charge in [-0.25, -0.2) is 9.78 Å². The number of carboxylic acids is 2. The number of amides is 3. The summed E-state index contributed by atoms with van der Waals surface area (Å²) >= 11 is 0. The first-order valence-electron chi connectivity index (χ1n) is 12.4. The number of nitrogens with zero attached hydrogens (tertiary/aromatic N) is 1. The number of rotatable bonds is 17. The summed E-state index contributed by atoms with van der Waals surface area (Å²) in [5.41, 5.74) is 12.9. The zero-order valence-electron chi connectivity index (χ0n) is 21.3. The minimum Gasteiger partial charge on any atom is -0.481 e. The van der Waals surface area contributed by atoms with Crippen LogP contribution in [0.2, 0.25) is 0 Å². The number of unbranched alkanes of at least 4 members (excludes halogenated alkanes) is 1. The number of aromatic nitrogens is 2. The molecule has 212 valence electrons. The third kappa shape index (κ3) is 10.9. The first kappa shape index (κ1) is 30.9. The van der Waals surface area contributed by atoms with Crippen molar-refractivity contribution in [1.29, 1.82) is 0 Å². The van der Waals surface area contributed by atoms with Crippen LogP contribution in [0.5, 0.6) is 0 Å². The summed E-state index contributed by atoms with van der Waals surface area (Å²) in [5, 5.41) is 25.6. The molecular formula is C25H35N7O7. The van der Waals surface area contributed by atoms with Gasteiger partial charge in [-0.1, -0.05) is 30.3 Å². The molecule has 39 heavy (non-hydrogen) atoms. The molecule has 2 aromatic rings. The zero-order valence-corrected chi connectivity index (χ0v) is 21.3. The van der Waals surface area contributed by atoms with E-state index in [4.69, 9.17) is 16.6 Å². The van der Waals surface area contributed by atoms with Gasteiger partial charge in [0.15, 0.2) is 0 Å². The molecule has 1 aromatic carbocycles. The molecular weight excluding hydrogens is 510 g/mol. The van der Waals surface area contributed by atoms with Crippen molar-refractivity contribution < 1.29 is 34.2 Å². The topological polar surface area (TPSA) is 243 Å². The lowest BCUT2D eigenvalue weighted by molar-refractivity contribution is -0.147.